The number of hydrogen-bond acceptors (Lipinski definition) is 6. The zero-order valence-corrected chi connectivity index (χ0v) is 21.4. The highest BCUT2D eigenvalue weighted by Crippen LogP contribution is 2.35. The van der Waals surface area contributed by atoms with Gasteiger partial charge in [-0.2, -0.15) is 18.3 Å². The normalized spacial score (nSPS) is 18.2. The number of likely N-dealkylation sites (tertiary alicyclic amines) is 1. The van der Waals surface area contributed by atoms with Gasteiger partial charge in [0.25, 0.3) is 5.91 Å². The Hall–Kier alpha value is -3.52. The summed E-state index contributed by atoms with van der Waals surface area (Å²) >= 11 is 0. The van der Waals surface area contributed by atoms with Crippen molar-refractivity contribution in [1.82, 2.24) is 24.6 Å². The average Bonchev–Trinajstić information content (AvgIpc) is 3.17. The van der Waals surface area contributed by atoms with Crippen LogP contribution in [0.15, 0.2) is 24.4 Å². The van der Waals surface area contributed by atoms with E-state index in [1.54, 1.807) is 13.0 Å². The first kappa shape index (κ1) is 28.5. The van der Waals surface area contributed by atoms with Gasteiger partial charge in [0.2, 0.25) is 5.91 Å². The summed E-state index contributed by atoms with van der Waals surface area (Å²) in [6.07, 6.45) is -5.32. The molecule has 4 heterocycles. The van der Waals surface area contributed by atoms with Gasteiger partial charge in [-0.1, -0.05) is 0 Å². The van der Waals surface area contributed by atoms with E-state index in [2.05, 4.69) is 10.1 Å². The van der Waals surface area contributed by atoms with Crippen LogP contribution in [-0.4, -0.2) is 81.4 Å². The Morgan fingerprint density at radius 3 is 2.56 bits per heavy atom. The molecule has 0 aliphatic carbocycles. The third kappa shape index (κ3) is 5.35. The van der Waals surface area contributed by atoms with Crippen molar-refractivity contribution in [1.29, 1.82) is 0 Å². The second-order valence-corrected chi connectivity index (χ2v) is 9.34. The van der Waals surface area contributed by atoms with Gasteiger partial charge in [-0.15, -0.1) is 12.4 Å². The zero-order chi connectivity index (χ0) is 27.4. The van der Waals surface area contributed by atoms with E-state index in [0.717, 1.165) is 15.6 Å². The number of nitrogens with two attached hydrogens (primary N) is 1. The van der Waals surface area contributed by atoms with Crippen molar-refractivity contribution >= 4 is 40.9 Å². The van der Waals surface area contributed by atoms with E-state index in [0.29, 0.717) is 17.2 Å². The van der Waals surface area contributed by atoms with E-state index in [4.69, 9.17) is 10.5 Å². The van der Waals surface area contributed by atoms with Crippen LogP contribution in [-0.2, 0) is 16.1 Å². The van der Waals surface area contributed by atoms with Crippen molar-refractivity contribution in [2.75, 3.05) is 38.5 Å². The van der Waals surface area contributed by atoms with E-state index in [9.17, 15) is 31.5 Å². The van der Waals surface area contributed by atoms with Crippen LogP contribution in [0.5, 0.6) is 0 Å². The molecule has 1 aromatic carbocycles. The number of alkyl halides is 3. The minimum Gasteiger partial charge on any atom is -0.383 e. The number of nitrogen functional groups attached to an aromatic ring is 1. The van der Waals surface area contributed by atoms with E-state index in [1.165, 1.54) is 11.1 Å². The number of rotatable bonds is 4. The molecule has 2 aliphatic rings. The van der Waals surface area contributed by atoms with Crippen LogP contribution >= 0.6 is 12.4 Å². The van der Waals surface area contributed by atoms with Gasteiger partial charge >= 0.3 is 6.18 Å². The van der Waals surface area contributed by atoms with E-state index >= 15 is 0 Å². The maximum Gasteiger partial charge on any atom is 0.416 e. The fourth-order valence-corrected chi connectivity index (χ4v) is 4.73. The molecule has 2 N–H and O–H groups in total. The van der Waals surface area contributed by atoms with Crippen LogP contribution in [0.1, 0.15) is 27.5 Å². The van der Waals surface area contributed by atoms with Gasteiger partial charge in [-0.05, 0) is 13.0 Å². The molecule has 39 heavy (non-hydrogen) atoms. The standard InChI is InChI=1S/C24H23F5N6O3.ClH/c1-12-15(2-3-31-22(12)30)23(37)34-8-13(9-34)21-20-16(26)6-14(25)7-17(20)35(32-21)11-19(36)33-4-5-38-18(10-33)24(27,28)29;/h2-3,6-7,13,18H,4-5,8-11H2,1H3,(H2,30,31);1H/t18-;/m1./s1. The second-order valence-electron chi connectivity index (χ2n) is 9.34. The number of ether oxygens (including phenoxy) is 1. The van der Waals surface area contributed by atoms with Crippen molar-refractivity contribution < 1.29 is 36.3 Å². The van der Waals surface area contributed by atoms with Crippen molar-refractivity contribution in [2.24, 2.45) is 0 Å². The second kappa shape index (κ2) is 10.6. The number of aromatic nitrogens is 3. The first-order valence-corrected chi connectivity index (χ1v) is 11.8. The van der Waals surface area contributed by atoms with Gasteiger partial charge in [0.1, 0.15) is 24.0 Å². The smallest absolute Gasteiger partial charge is 0.383 e. The lowest BCUT2D eigenvalue weighted by Gasteiger charge is -2.39. The summed E-state index contributed by atoms with van der Waals surface area (Å²) in [5.74, 6) is -2.94. The Morgan fingerprint density at radius 1 is 1.15 bits per heavy atom. The van der Waals surface area contributed by atoms with Gasteiger partial charge in [0.15, 0.2) is 6.10 Å². The average molecular weight is 575 g/mol. The largest absolute Gasteiger partial charge is 0.416 e. The number of amides is 2. The molecule has 1 atom stereocenters. The summed E-state index contributed by atoms with van der Waals surface area (Å²) in [5, 5.41) is 4.35. The van der Waals surface area contributed by atoms with E-state index < -0.39 is 48.8 Å². The zero-order valence-electron chi connectivity index (χ0n) is 20.5. The minimum absolute atomic E-state index is 0. The van der Waals surface area contributed by atoms with Crippen molar-refractivity contribution in [3.63, 3.8) is 0 Å². The molecule has 210 valence electrons. The molecule has 2 aliphatic heterocycles. The molecule has 5 rings (SSSR count). The van der Waals surface area contributed by atoms with E-state index in [1.807, 2.05) is 0 Å². The topological polar surface area (TPSA) is 107 Å². The van der Waals surface area contributed by atoms with Gasteiger partial charge < -0.3 is 20.3 Å². The number of fused-ring (bicyclic) bond motifs is 1. The molecule has 0 bridgehead atoms. The number of halogens is 6. The number of carbonyl (C=O) groups excluding carboxylic acids is 2. The van der Waals surface area contributed by atoms with Crippen molar-refractivity contribution in [3.8, 4) is 0 Å². The number of carbonyl (C=O) groups is 2. The van der Waals surface area contributed by atoms with Gasteiger partial charge in [-0.3, -0.25) is 14.3 Å². The molecule has 2 saturated heterocycles. The maximum absolute atomic E-state index is 14.9. The summed E-state index contributed by atoms with van der Waals surface area (Å²) in [6, 6.07) is 3.26. The van der Waals surface area contributed by atoms with E-state index in [-0.39, 0.29) is 67.0 Å². The molecule has 0 radical (unpaired) electrons. The molecule has 0 unspecified atom stereocenters. The number of morpholine rings is 1. The van der Waals surface area contributed by atoms with Crippen molar-refractivity contribution in [2.45, 2.75) is 31.7 Å². The monoisotopic (exact) mass is 574 g/mol. The Labute approximate surface area is 225 Å². The summed E-state index contributed by atoms with van der Waals surface area (Å²) in [7, 11) is 0. The predicted molar refractivity (Wildman–Crippen MR) is 131 cm³/mol. The molecule has 2 aromatic heterocycles. The molecule has 9 nitrogen and oxygen atoms in total. The SMILES string of the molecule is Cc1c(C(=O)N2CC(c3nn(CC(=O)N4CCO[C@@H](C(F)(F)F)C4)c4cc(F)cc(F)c34)C2)ccnc1N.Cl. The first-order chi connectivity index (χ1) is 17.9. The van der Waals surface area contributed by atoms with Gasteiger partial charge in [0.05, 0.1) is 29.7 Å². The number of hydrogen-bond donors (Lipinski definition) is 1. The molecule has 0 spiro atoms. The molecule has 3 aromatic rings. The molecule has 15 heteroatoms. The predicted octanol–water partition coefficient (Wildman–Crippen LogP) is 3.05. The number of benzene rings is 1. The number of pyridine rings is 1. The Morgan fingerprint density at radius 2 is 1.87 bits per heavy atom. The molecule has 2 amide bonds. The lowest BCUT2D eigenvalue weighted by atomic mass is 9.92. The van der Waals surface area contributed by atoms with Crippen LogP contribution in [0.4, 0.5) is 27.8 Å². The molecule has 2 fully saturated rings. The van der Waals surface area contributed by atoms with Crippen LogP contribution in [0.25, 0.3) is 10.9 Å². The fourth-order valence-electron chi connectivity index (χ4n) is 4.73. The maximum atomic E-state index is 14.9. The van der Waals surface area contributed by atoms with Crippen molar-refractivity contribution in [3.05, 3.63) is 52.9 Å². The summed E-state index contributed by atoms with van der Waals surface area (Å²) < 4.78 is 74.0. The molecule has 0 saturated carbocycles. The highest BCUT2D eigenvalue weighted by Gasteiger charge is 2.44. The number of anilines is 1. The summed E-state index contributed by atoms with van der Waals surface area (Å²) in [5.41, 5.74) is 6.93. The van der Waals surface area contributed by atoms with Gasteiger partial charge in [0, 0.05) is 55.0 Å². The third-order valence-electron chi connectivity index (χ3n) is 6.90. The van der Waals surface area contributed by atoms with Gasteiger partial charge in [-0.25, -0.2) is 13.8 Å². The van der Waals surface area contributed by atoms with Crippen LogP contribution in [0.2, 0.25) is 0 Å². The van der Waals surface area contributed by atoms with Crippen LogP contribution in [0, 0.1) is 18.6 Å². The van der Waals surface area contributed by atoms with Crippen LogP contribution in [0.3, 0.4) is 0 Å². The Kier molecular flexibility index (Phi) is 7.72. The summed E-state index contributed by atoms with van der Waals surface area (Å²) in [6.45, 7) is 0.499. The lowest BCUT2D eigenvalue weighted by molar-refractivity contribution is -0.236. The Bertz CT molecular complexity index is 1430. The molecular weight excluding hydrogens is 551 g/mol. The number of nitrogens with zero attached hydrogens (tertiary/aromatic N) is 5. The quantitative estimate of drug-likeness (QED) is 0.480. The molecular formula is C24H24ClF5N6O3. The highest BCUT2D eigenvalue weighted by atomic mass is 35.5. The summed E-state index contributed by atoms with van der Waals surface area (Å²) in [4.78, 5) is 32.3. The van der Waals surface area contributed by atoms with Crippen LogP contribution < -0.4 is 5.73 Å². The fraction of sp³-hybridized carbons (Fsp3) is 0.417. The highest BCUT2D eigenvalue weighted by molar-refractivity contribution is 5.97. The first-order valence-electron chi connectivity index (χ1n) is 11.8. The Balaban J connectivity index is 0.00000353. The third-order valence-corrected chi connectivity index (χ3v) is 6.90. The lowest BCUT2D eigenvalue weighted by Crippen LogP contribution is -2.51. The minimum atomic E-state index is -4.63.